The van der Waals surface area contributed by atoms with Crippen molar-refractivity contribution < 1.29 is 22.7 Å². The van der Waals surface area contributed by atoms with Crippen LogP contribution in [0.5, 0.6) is 5.75 Å². The summed E-state index contributed by atoms with van der Waals surface area (Å²) in [5.41, 5.74) is 1.78. The maximum absolute atomic E-state index is 12.1. The Morgan fingerprint density at radius 1 is 1.14 bits per heavy atom. The highest BCUT2D eigenvalue weighted by Gasteiger charge is 2.31. The lowest BCUT2D eigenvalue weighted by Crippen LogP contribution is -2.17. The van der Waals surface area contributed by atoms with Gasteiger partial charge in [-0.15, -0.1) is 13.2 Å². The van der Waals surface area contributed by atoms with Crippen LogP contribution in [-0.2, 0) is 0 Å². The number of amides is 1. The summed E-state index contributed by atoms with van der Waals surface area (Å²) in [5, 5.41) is 2.67. The number of anilines is 1. The zero-order valence-electron chi connectivity index (χ0n) is 11.4. The largest absolute Gasteiger partial charge is 0.573 e. The Balaban J connectivity index is 2.08. The molecule has 116 valence electrons. The maximum Gasteiger partial charge on any atom is 0.573 e. The van der Waals surface area contributed by atoms with Crippen molar-refractivity contribution >= 4 is 27.5 Å². The highest BCUT2D eigenvalue weighted by atomic mass is 79.9. The number of ether oxygens (including phenoxy) is 1. The summed E-state index contributed by atoms with van der Waals surface area (Å²) in [4.78, 5) is 12.0. The van der Waals surface area contributed by atoms with E-state index in [0.717, 1.165) is 22.2 Å². The number of hydrogen-bond acceptors (Lipinski definition) is 2. The van der Waals surface area contributed by atoms with Crippen LogP contribution in [0.1, 0.15) is 15.9 Å². The van der Waals surface area contributed by atoms with E-state index in [9.17, 15) is 18.0 Å². The van der Waals surface area contributed by atoms with Crippen molar-refractivity contribution in [2.75, 3.05) is 5.32 Å². The summed E-state index contributed by atoms with van der Waals surface area (Å²) in [6, 6.07) is 10.0. The lowest BCUT2D eigenvalue weighted by atomic mass is 10.2. The zero-order chi connectivity index (χ0) is 16.3. The van der Waals surface area contributed by atoms with E-state index in [1.165, 1.54) is 12.1 Å². The summed E-state index contributed by atoms with van der Waals surface area (Å²) >= 11 is 3.35. The fraction of sp³-hybridized carbons (Fsp3) is 0.133. The van der Waals surface area contributed by atoms with Crippen LogP contribution >= 0.6 is 15.9 Å². The van der Waals surface area contributed by atoms with E-state index in [2.05, 4.69) is 26.0 Å². The van der Waals surface area contributed by atoms with Gasteiger partial charge in [-0.25, -0.2) is 0 Å². The van der Waals surface area contributed by atoms with E-state index in [0.29, 0.717) is 5.69 Å². The Kier molecular flexibility index (Phi) is 4.75. The van der Waals surface area contributed by atoms with E-state index in [1.807, 2.05) is 6.92 Å². The highest BCUT2D eigenvalue weighted by molar-refractivity contribution is 9.10. The molecule has 0 saturated heterocycles. The fourth-order valence-electron chi connectivity index (χ4n) is 1.73. The van der Waals surface area contributed by atoms with Crippen LogP contribution in [0, 0.1) is 6.92 Å². The molecule has 2 rings (SSSR count). The first-order valence-corrected chi connectivity index (χ1v) is 6.97. The minimum absolute atomic E-state index is 0.232. The molecule has 0 aliphatic heterocycles. The van der Waals surface area contributed by atoms with E-state index < -0.39 is 12.3 Å². The Morgan fingerprint density at radius 2 is 1.77 bits per heavy atom. The summed E-state index contributed by atoms with van der Waals surface area (Å²) in [6.07, 6.45) is -4.75. The van der Waals surface area contributed by atoms with Gasteiger partial charge >= 0.3 is 6.36 Å². The molecule has 0 heterocycles. The summed E-state index contributed by atoms with van der Waals surface area (Å²) in [6.45, 7) is 1.88. The molecular formula is C15H11BrF3NO2. The normalized spacial score (nSPS) is 11.1. The number of alkyl halides is 3. The smallest absolute Gasteiger partial charge is 0.406 e. The molecule has 0 unspecified atom stereocenters. The first-order valence-electron chi connectivity index (χ1n) is 6.18. The van der Waals surface area contributed by atoms with Crippen molar-refractivity contribution in [3.63, 3.8) is 0 Å². The highest BCUT2D eigenvalue weighted by Crippen LogP contribution is 2.23. The van der Waals surface area contributed by atoms with Gasteiger partial charge in [0.2, 0.25) is 0 Å². The minimum atomic E-state index is -4.75. The number of aryl methyl sites for hydroxylation is 1. The molecule has 22 heavy (non-hydrogen) atoms. The molecule has 2 aromatic rings. The van der Waals surface area contributed by atoms with Crippen molar-refractivity contribution in [3.05, 3.63) is 58.1 Å². The van der Waals surface area contributed by atoms with E-state index in [1.54, 1.807) is 18.2 Å². The maximum atomic E-state index is 12.1. The van der Waals surface area contributed by atoms with Gasteiger partial charge in [0.15, 0.2) is 0 Å². The van der Waals surface area contributed by atoms with Crippen LogP contribution in [0.4, 0.5) is 18.9 Å². The van der Waals surface area contributed by atoms with Gasteiger partial charge < -0.3 is 10.1 Å². The first-order chi connectivity index (χ1) is 10.2. The van der Waals surface area contributed by atoms with Gasteiger partial charge in [0.25, 0.3) is 5.91 Å². The number of rotatable bonds is 3. The van der Waals surface area contributed by atoms with E-state index >= 15 is 0 Å². The van der Waals surface area contributed by atoms with Gasteiger partial charge in [-0.2, -0.15) is 0 Å². The van der Waals surface area contributed by atoms with Crippen LogP contribution < -0.4 is 10.1 Å². The minimum Gasteiger partial charge on any atom is -0.406 e. The molecule has 0 atom stereocenters. The van der Waals surface area contributed by atoms with Gasteiger partial charge in [0.1, 0.15) is 5.75 Å². The Labute approximate surface area is 133 Å². The molecule has 3 nitrogen and oxygen atoms in total. The molecule has 2 aromatic carbocycles. The predicted octanol–water partition coefficient (Wildman–Crippen LogP) is 4.91. The van der Waals surface area contributed by atoms with Crippen LogP contribution in [0.25, 0.3) is 0 Å². The van der Waals surface area contributed by atoms with Gasteiger partial charge in [0, 0.05) is 15.7 Å². The van der Waals surface area contributed by atoms with Crippen molar-refractivity contribution in [2.45, 2.75) is 13.3 Å². The second-order valence-corrected chi connectivity index (χ2v) is 5.34. The van der Waals surface area contributed by atoms with Crippen LogP contribution in [-0.4, -0.2) is 12.3 Å². The quantitative estimate of drug-likeness (QED) is 0.829. The second kappa shape index (κ2) is 6.39. The zero-order valence-corrected chi connectivity index (χ0v) is 13.0. The topological polar surface area (TPSA) is 38.3 Å². The van der Waals surface area contributed by atoms with Crippen LogP contribution in [0.2, 0.25) is 0 Å². The van der Waals surface area contributed by atoms with Crippen LogP contribution in [0.3, 0.4) is 0 Å². The molecule has 0 radical (unpaired) electrons. The van der Waals surface area contributed by atoms with Gasteiger partial charge in [-0.1, -0.05) is 15.9 Å². The average Bonchev–Trinajstić information content (AvgIpc) is 2.42. The molecule has 1 N–H and O–H groups in total. The third-order valence-electron chi connectivity index (χ3n) is 2.77. The number of nitrogens with one attached hydrogen (secondary N) is 1. The van der Waals surface area contributed by atoms with E-state index in [4.69, 9.17) is 0 Å². The van der Waals surface area contributed by atoms with Gasteiger partial charge in [0.05, 0.1) is 0 Å². The third kappa shape index (κ3) is 4.49. The SMILES string of the molecule is Cc1cc(NC(=O)c2ccc(OC(F)(F)F)cc2)ccc1Br. The van der Waals surface area contributed by atoms with E-state index in [-0.39, 0.29) is 11.3 Å². The number of benzene rings is 2. The fourth-order valence-corrected chi connectivity index (χ4v) is 1.98. The first kappa shape index (κ1) is 16.4. The molecule has 0 spiro atoms. The standard InChI is InChI=1S/C15H11BrF3NO2/c1-9-8-11(4-7-13(9)16)20-14(21)10-2-5-12(6-3-10)22-15(17,18)19/h2-8H,1H3,(H,20,21). The predicted molar refractivity (Wildman–Crippen MR) is 80.0 cm³/mol. The van der Waals surface area contributed by atoms with Crippen LogP contribution in [0.15, 0.2) is 46.9 Å². The Bertz CT molecular complexity index is 684. The van der Waals surface area contributed by atoms with Crippen molar-refractivity contribution in [3.8, 4) is 5.75 Å². The Hall–Kier alpha value is -2.02. The van der Waals surface area contributed by atoms with Crippen molar-refractivity contribution in [1.29, 1.82) is 0 Å². The van der Waals surface area contributed by atoms with Gasteiger partial charge in [-0.3, -0.25) is 4.79 Å². The molecule has 0 aliphatic carbocycles. The molecule has 0 bridgehead atoms. The summed E-state index contributed by atoms with van der Waals surface area (Å²) in [7, 11) is 0. The molecule has 0 fully saturated rings. The number of carbonyl (C=O) groups is 1. The van der Waals surface area contributed by atoms with Crippen molar-refractivity contribution in [2.24, 2.45) is 0 Å². The molecule has 7 heteroatoms. The average molecular weight is 374 g/mol. The van der Waals surface area contributed by atoms with Gasteiger partial charge in [-0.05, 0) is 55.0 Å². The number of halogens is 4. The number of hydrogen-bond donors (Lipinski definition) is 1. The molecule has 1 amide bonds. The lowest BCUT2D eigenvalue weighted by molar-refractivity contribution is -0.274. The monoisotopic (exact) mass is 373 g/mol. The molecular weight excluding hydrogens is 363 g/mol. The lowest BCUT2D eigenvalue weighted by Gasteiger charge is -2.10. The summed E-state index contributed by atoms with van der Waals surface area (Å²) in [5.74, 6) is -0.788. The molecule has 0 aliphatic rings. The summed E-state index contributed by atoms with van der Waals surface area (Å²) < 4.78 is 40.8. The Morgan fingerprint density at radius 3 is 2.32 bits per heavy atom. The number of carbonyl (C=O) groups excluding carboxylic acids is 1. The van der Waals surface area contributed by atoms with Crippen molar-refractivity contribution in [1.82, 2.24) is 0 Å². The third-order valence-corrected chi connectivity index (χ3v) is 3.66. The molecule has 0 aromatic heterocycles. The second-order valence-electron chi connectivity index (χ2n) is 4.49. The molecule has 0 saturated carbocycles.